The summed E-state index contributed by atoms with van der Waals surface area (Å²) in [6.07, 6.45) is 1.63. The number of anilines is 4. The van der Waals surface area contributed by atoms with Crippen molar-refractivity contribution in [3.63, 3.8) is 0 Å². The molecule has 0 amide bonds. The van der Waals surface area contributed by atoms with Gasteiger partial charge in [-0.05, 0) is 42.5 Å². The molecule has 0 aliphatic carbocycles. The van der Waals surface area contributed by atoms with Crippen LogP contribution in [-0.4, -0.2) is 17.1 Å². The van der Waals surface area contributed by atoms with Crippen LogP contribution in [-0.2, 0) is 0 Å². The standard InChI is InChI=1S/C17H13Cl3N4O/c1-25-15-5-3-11(9-13(15)20)22-17-21-7-6-16(24-17)23-14-8-10(18)2-4-12(14)19/h2-9H,1H3,(H2,21,22,23,24). The molecule has 0 fully saturated rings. The van der Waals surface area contributed by atoms with Gasteiger partial charge in [0.15, 0.2) is 0 Å². The predicted molar refractivity (Wildman–Crippen MR) is 103 cm³/mol. The van der Waals surface area contributed by atoms with Crippen molar-refractivity contribution >= 4 is 57.9 Å². The zero-order valence-electron chi connectivity index (χ0n) is 13.1. The van der Waals surface area contributed by atoms with Crippen LogP contribution < -0.4 is 15.4 Å². The molecule has 0 saturated carbocycles. The summed E-state index contributed by atoms with van der Waals surface area (Å²) in [6.45, 7) is 0. The van der Waals surface area contributed by atoms with Gasteiger partial charge in [0.05, 0.1) is 22.8 Å². The van der Waals surface area contributed by atoms with Crippen LogP contribution in [0.25, 0.3) is 0 Å². The van der Waals surface area contributed by atoms with E-state index in [0.29, 0.717) is 38.3 Å². The molecule has 2 aromatic carbocycles. The molecule has 0 radical (unpaired) electrons. The van der Waals surface area contributed by atoms with E-state index < -0.39 is 0 Å². The van der Waals surface area contributed by atoms with Crippen LogP contribution in [0.15, 0.2) is 48.7 Å². The summed E-state index contributed by atoms with van der Waals surface area (Å²) in [6, 6.07) is 12.2. The molecule has 128 valence electrons. The van der Waals surface area contributed by atoms with Gasteiger partial charge in [-0.2, -0.15) is 4.98 Å². The number of aromatic nitrogens is 2. The SMILES string of the molecule is COc1ccc(Nc2nccc(Nc3cc(Cl)ccc3Cl)n2)cc1Cl. The molecule has 1 heterocycles. The molecule has 0 saturated heterocycles. The van der Waals surface area contributed by atoms with Crippen LogP contribution in [0.4, 0.5) is 23.1 Å². The molecule has 0 unspecified atom stereocenters. The second-order valence-electron chi connectivity index (χ2n) is 4.99. The third kappa shape index (κ3) is 4.45. The fourth-order valence-corrected chi connectivity index (χ4v) is 2.69. The first-order valence-corrected chi connectivity index (χ1v) is 8.34. The molecule has 3 rings (SSSR count). The van der Waals surface area contributed by atoms with Crippen LogP contribution in [0.3, 0.4) is 0 Å². The van der Waals surface area contributed by atoms with Crippen molar-refractivity contribution in [2.45, 2.75) is 0 Å². The maximum absolute atomic E-state index is 6.15. The zero-order valence-corrected chi connectivity index (χ0v) is 15.3. The van der Waals surface area contributed by atoms with Crippen molar-refractivity contribution in [2.24, 2.45) is 0 Å². The second kappa shape index (κ2) is 7.78. The summed E-state index contributed by atoms with van der Waals surface area (Å²) in [5, 5.41) is 7.81. The van der Waals surface area contributed by atoms with Crippen molar-refractivity contribution < 1.29 is 4.74 Å². The zero-order chi connectivity index (χ0) is 17.8. The Morgan fingerprint density at radius 2 is 1.76 bits per heavy atom. The maximum atomic E-state index is 6.15. The Kier molecular flexibility index (Phi) is 5.48. The quantitative estimate of drug-likeness (QED) is 0.560. The number of ether oxygens (including phenoxy) is 1. The van der Waals surface area contributed by atoms with E-state index in [1.54, 1.807) is 49.7 Å². The van der Waals surface area contributed by atoms with Gasteiger partial charge in [0.2, 0.25) is 5.95 Å². The predicted octanol–water partition coefficient (Wildman–Crippen LogP) is 5.93. The first-order chi connectivity index (χ1) is 12.0. The van der Waals surface area contributed by atoms with Gasteiger partial charge >= 0.3 is 0 Å². The fourth-order valence-electron chi connectivity index (χ4n) is 2.09. The summed E-state index contributed by atoms with van der Waals surface area (Å²) < 4.78 is 5.13. The molecule has 0 aliphatic heterocycles. The minimum Gasteiger partial charge on any atom is -0.495 e. The molecule has 0 bridgehead atoms. The maximum Gasteiger partial charge on any atom is 0.229 e. The minimum absolute atomic E-state index is 0.407. The second-order valence-corrected chi connectivity index (χ2v) is 6.24. The average Bonchev–Trinajstić information content (AvgIpc) is 2.59. The Bertz CT molecular complexity index is 905. The summed E-state index contributed by atoms with van der Waals surface area (Å²) >= 11 is 18.3. The first kappa shape index (κ1) is 17.6. The number of nitrogens with one attached hydrogen (secondary N) is 2. The molecule has 5 nitrogen and oxygen atoms in total. The summed E-state index contributed by atoms with van der Waals surface area (Å²) in [5.41, 5.74) is 1.40. The highest BCUT2D eigenvalue weighted by Crippen LogP contribution is 2.30. The third-order valence-corrected chi connectivity index (χ3v) is 4.11. The molecular weight excluding hydrogens is 383 g/mol. The van der Waals surface area contributed by atoms with Gasteiger partial charge in [0.1, 0.15) is 11.6 Å². The van der Waals surface area contributed by atoms with Crippen molar-refractivity contribution in [2.75, 3.05) is 17.7 Å². The van der Waals surface area contributed by atoms with E-state index in [-0.39, 0.29) is 0 Å². The topological polar surface area (TPSA) is 59.1 Å². The minimum atomic E-state index is 0.407. The van der Waals surface area contributed by atoms with Gasteiger partial charge in [0, 0.05) is 16.9 Å². The number of hydrogen-bond acceptors (Lipinski definition) is 5. The van der Waals surface area contributed by atoms with Gasteiger partial charge in [-0.1, -0.05) is 34.8 Å². The molecule has 25 heavy (non-hydrogen) atoms. The van der Waals surface area contributed by atoms with Crippen LogP contribution in [0.5, 0.6) is 5.75 Å². The normalized spacial score (nSPS) is 10.4. The van der Waals surface area contributed by atoms with E-state index in [1.807, 2.05) is 6.07 Å². The summed E-state index contributed by atoms with van der Waals surface area (Å²) in [4.78, 5) is 8.59. The number of benzene rings is 2. The lowest BCUT2D eigenvalue weighted by Gasteiger charge is -2.11. The first-order valence-electron chi connectivity index (χ1n) is 7.21. The Balaban J connectivity index is 1.79. The van der Waals surface area contributed by atoms with E-state index in [1.165, 1.54) is 0 Å². The molecule has 2 N–H and O–H groups in total. The van der Waals surface area contributed by atoms with E-state index in [9.17, 15) is 0 Å². The number of hydrogen-bond donors (Lipinski definition) is 2. The highest BCUT2D eigenvalue weighted by molar-refractivity contribution is 6.35. The largest absolute Gasteiger partial charge is 0.495 e. The molecule has 1 aromatic heterocycles. The number of methoxy groups -OCH3 is 1. The molecule has 0 atom stereocenters. The van der Waals surface area contributed by atoms with Gasteiger partial charge < -0.3 is 15.4 Å². The van der Waals surface area contributed by atoms with Crippen molar-refractivity contribution in [3.8, 4) is 5.75 Å². The van der Waals surface area contributed by atoms with E-state index in [2.05, 4.69) is 20.6 Å². The van der Waals surface area contributed by atoms with Crippen LogP contribution in [0, 0.1) is 0 Å². The smallest absolute Gasteiger partial charge is 0.229 e. The van der Waals surface area contributed by atoms with Crippen LogP contribution in [0.2, 0.25) is 15.1 Å². The average molecular weight is 396 g/mol. The van der Waals surface area contributed by atoms with Crippen molar-refractivity contribution in [1.82, 2.24) is 9.97 Å². The highest BCUT2D eigenvalue weighted by atomic mass is 35.5. The van der Waals surface area contributed by atoms with Crippen molar-refractivity contribution in [1.29, 1.82) is 0 Å². The van der Waals surface area contributed by atoms with E-state index in [0.717, 1.165) is 5.69 Å². The fraction of sp³-hybridized carbons (Fsp3) is 0.0588. The van der Waals surface area contributed by atoms with Gasteiger partial charge in [-0.3, -0.25) is 0 Å². The van der Waals surface area contributed by atoms with Crippen LogP contribution in [0.1, 0.15) is 0 Å². The highest BCUT2D eigenvalue weighted by Gasteiger charge is 2.06. The van der Waals surface area contributed by atoms with Gasteiger partial charge in [-0.15, -0.1) is 0 Å². The molecule has 3 aromatic rings. The Labute approximate surface area is 159 Å². The molecule has 0 aliphatic rings. The molecule has 8 heteroatoms. The summed E-state index contributed by atoms with van der Waals surface area (Å²) in [5.74, 6) is 1.57. The Hall–Kier alpha value is -2.21. The number of nitrogens with zero attached hydrogens (tertiary/aromatic N) is 2. The van der Waals surface area contributed by atoms with Gasteiger partial charge in [0.25, 0.3) is 0 Å². The van der Waals surface area contributed by atoms with E-state index in [4.69, 9.17) is 39.5 Å². The Morgan fingerprint density at radius 1 is 0.920 bits per heavy atom. The van der Waals surface area contributed by atoms with Gasteiger partial charge in [-0.25, -0.2) is 4.98 Å². The lowest BCUT2D eigenvalue weighted by molar-refractivity contribution is 0.415. The molecule has 0 spiro atoms. The van der Waals surface area contributed by atoms with Crippen LogP contribution >= 0.6 is 34.8 Å². The monoisotopic (exact) mass is 394 g/mol. The van der Waals surface area contributed by atoms with E-state index >= 15 is 0 Å². The summed E-state index contributed by atoms with van der Waals surface area (Å²) in [7, 11) is 1.56. The number of rotatable bonds is 5. The Morgan fingerprint density at radius 3 is 2.52 bits per heavy atom. The van der Waals surface area contributed by atoms with Crippen molar-refractivity contribution in [3.05, 3.63) is 63.7 Å². The third-order valence-electron chi connectivity index (χ3n) is 3.25. The lowest BCUT2D eigenvalue weighted by atomic mass is 10.3. The number of halogens is 3. The lowest BCUT2D eigenvalue weighted by Crippen LogP contribution is -2.01. The molecular formula is C17H13Cl3N4O.